The van der Waals surface area contributed by atoms with Gasteiger partial charge in [0, 0.05) is 21.2 Å². The van der Waals surface area contributed by atoms with Gasteiger partial charge >= 0.3 is 5.97 Å². The Kier molecular flexibility index (Phi) is 4.37. The first-order valence-electron chi connectivity index (χ1n) is 5.41. The van der Waals surface area contributed by atoms with Gasteiger partial charge in [-0.3, -0.25) is 0 Å². The van der Waals surface area contributed by atoms with E-state index in [9.17, 15) is 4.79 Å². The van der Waals surface area contributed by atoms with Gasteiger partial charge in [0.15, 0.2) is 0 Å². The Morgan fingerprint density at radius 2 is 2.25 bits per heavy atom. The molecular weight excluding hydrogens is 434 g/mol. The Morgan fingerprint density at radius 1 is 1.50 bits per heavy atom. The number of ether oxygens (including phenoxy) is 2. The highest BCUT2D eigenvalue weighted by Crippen LogP contribution is 2.34. The zero-order valence-corrected chi connectivity index (χ0v) is 13.4. The molecule has 0 saturated carbocycles. The largest absolute Gasteiger partial charge is 0.493 e. The number of hydrogen-bond acceptors (Lipinski definition) is 3. The Hall–Kier alpha value is 0.470. The second kappa shape index (κ2) is 5.41. The van der Waals surface area contributed by atoms with Crippen LogP contribution in [0.2, 0.25) is 0 Å². The lowest BCUT2D eigenvalue weighted by Gasteiger charge is -2.09. The summed E-state index contributed by atoms with van der Waals surface area (Å²) < 4.78 is 12.4. The maximum atomic E-state index is 11.7. The third-order valence-electron chi connectivity index (χ3n) is 2.93. The van der Waals surface area contributed by atoms with Gasteiger partial charge in [0.2, 0.25) is 0 Å². The monoisotopic (exact) mass is 448 g/mol. The molecule has 3 atom stereocenters. The van der Waals surface area contributed by atoms with Crippen molar-refractivity contribution in [2.45, 2.75) is 42.3 Å². The predicted molar refractivity (Wildman–Crippen MR) is 78.0 cm³/mol. The van der Waals surface area contributed by atoms with Gasteiger partial charge in [-0.15, -0.1) is 0 Å². The van der Waals surface area contributed by atoms with Crippen molar-refractivity contribution in [2.24, 2.45) is 0 Å². The van der Waals surface area contributed by atoms with Crippen molar-refractivity contribution in [1.82, 2.24) is 0 Å². The number of alkyl halides is 2. The fourth-order valence-corrected chi connectivity index (χ4v) is 2.98. The topological polar surface area (TPSA) is 35.5 Å². The van der Waals surface area contributed by atoms with Gasteiger partial charge in [-0.25, -0.2) is 4.79 Å². The third kappa shape index (κ3) is 2.65. The van der Waals surface area contributed by atoms with E-state index >= 15 is 0 Å². The normalized spacial score (nSPS) is 36.1. The summed E-state index contributed by atoms with van der Waals surface area (Å²) in [6.07, 6.45) is 2.94. The molecule has 0 bridgehead atoms. The first-order chi connectivity index (χ1) is 7.61. The zero-order valence-electron chi connectivity index (χ0n) is 9.04. The van der Waals surface area contributed by atoms with Crippen LogP contribution < -0.4 is 0 Å². The van der Waals surface area contributed by atoms with E-state index in [1.54, 1.807) is 0 Å². The highest BCUT2D eigenvalue weighted by atomic mass is 127. The predicted octanol–water partition coefficient (Wildman–Crippen LogP) is 2.99. The maximum Gasteiger partial charge on any atom is 0.337 e. The molecule has 0 aliphatic carbocycles. The number of halogens is 2. The van der Waals surface area contributed by atoms with Crippen LogP contribution in [-0.4, -0.2) is 26.5 Å². The van der Waals surface area contributed by atoms with Crippen molar-refractivity contribution in [1.29, 1.82) is 0 Å². The molecule has 0 spiro atoms. The van der Waals surface area contributed by atoms with Gasteiger partial charge in [0.1, 0.15) is 18.0 Å². The van der Waals surface area contributed by atoms with E-state index in [-0.39, 0.29) is 18.2 Å². The Labute approximate surface area is 123 Å². The van der Waals surface area contributed by atoms with Crippen molar-refractivity contribution < 1.29 is 14.3 Å². The summed E-state index contributed by atoms with van der Waals surface area (Å²) in [7, 11) is 0. The van der Waals surface area contributed by atoms with Gasteiger partial charge in [-0.2, -0.15) is 0 Å². The molecule has 2 saturated heterocycles. The van der Waals surface area contributed by atoms with Crippen LogP contribution in [0.4, 0.5) is 0 Å². The van der Waals surface area contributed by atoms with Gasteiger partial charge < -0.3 is 9.47 Å². The summed E-state index contributed by atoms with van der Waals surface area (Å²) >= 11 is 4.62. The summed E-state index contributed by atoms with van der Waals surface area (Å²) in [5.74, 6) is 0.712. The van der Waals surface area contributed by atoms with Crippen LogP contribution in [0.25, 0.3) is 0 Å². The molecule has 2 aliphatic heterocycles. The van der Waals surface area contributed by atoms with Crippen LogP contribution in [0.3, 0.4) is 0 Å². The average Bonchev–Trinajstić information content (AvgIpc) is 2.83. The number of esters is 1. The number of hydrogen-bond donors (Lipinski definition) is 0. The van der Waals surface area contributed by atoms with E-state index in [2.05, 4.69) is 52.1 Å². The molecule has 0 aromatic carbocycles. The minimum Gasteiger partial charge on any atom is -0.493 e. The van der Waals surface area contributed by atoms with Gasteiger partial charge in [-0.05, 0) is 13.3 Å². The number of rotatable bonds is 2. The van der Waals surface area contributed by atoms with Gasteiger partial charge in [0.25, 0.3) is 0 Å². The van der Waals surface area contributed by atoms with Crippen LogP contribution in [0, 0.1) is 0 Å². The zero-order chi connectivity index (χ0) is 11.7. The SMILES string of the molecule is CC(I)C1C/C(=C2/CCC(CI)O2)C(=O)O1. The van der Waals surface area contributed by atoms with Gasteiger partial charge in [0.05, 0.1) is 5.57 Å². The standard InChI is InChI=1S/C11H14I2O3/c1-6(13)10-4-8(11(14)16-10)9-3-2-7(5-12)15-9/h6-7,10H,2-5H2,1H3/b9-8+. The highest BCUT2D eigenvalue weighted by Gasteiger charge is 2.36. The summed E-state index contributed by atoms with van der Waals surface area (Å²) in [5, 5.41) is 0. The molecule has 3 nitrogen and oxygen atoms in total. The number of carbonyl (C=O) groups excluding carboxylic acids is 1. The van der Waals surface area contributed by atoms with E-state index in [0.717, 1.165) is 28.6 Å². The Bertz CT molecular complexity index is 325. The smallest absolute Gasteiger partial charge is 0.337 e. The maximum absolute atomic E-state index is 11.7. The molecule has 2 heterocycles. The molecule has 0 radical (unpaired) electrons. The van der Waals surface area contributed by atoms with Crippen LogP contribution in [-0.2, 0) is 14.3 Å². The second-order valence-corrected chi connectivity index (χ2v) is 7.01. The van der Waals surface area contributed by atoms with E-state index in [1.165, 1.54) is 0 Å². The van der Waals surface area contributed by atoms with Gasteiger partial charge in [-0.1, -0.05) is 45.2 Å². The molecular formula is C11H14I2O3. The molecule has 0 aromatic rings. The van der Waals surface area contributed by atoms with E-state index in [0.29, 0.717) is 10.3 Å². The summed E-state index contributed by atoms with van der Waals surface area (Å²) in [6.45, 7) is 2.06. The lowest BCUT2D eigenvalue weighted by atomic mass is 10.1. The van der Waals surface area contributed by atoms with Crippen LogP contribution in [0.15, 0.2) is 11.3 Å². The molecule has 0 amide bonds. The quantitative estimate of drug-likeness (QED) is 0.282. The molecule has 0 aromatic heterocycles. The second-order valence-electron chi connectivity index (χ2n) is 4.16. The van der Waals surface area contributed by atoms with Crippen molar-refractivity contribution in [3.8, 4) is 0 Å². The van der Waals surface area contributed by atoms with Crippen molar-refractivity contribution in [3.05, 3.63) is 11.3 Å². The van der Waals surface area contributed by atoms with E-state index in [4.69, 9.17) is 9.47 Å². The van der Waals surface area contributed by atoms with Crippen molar-refractivity contribution in [2.75, 3.05) is 4.43 Å². The summed E-state index contributed by atoms with van der Waals surface area (Å²) in [6, 6.07) is 0. The fourth-order valence-electron chi connectivity index (χ4n) is 1.96. The third-order valence-corrected chi connectivity index (χ3v) is 4.72. The fraction of sp³-hybridized carbons (Fsp3) is 0.727. The number of allylic oxidation sites excluding steroid dienone is 1. The van der Waals surface area contributed by atoms with Crippen LogP contribution >= 0.6 is 45.2 Å². The summed E-state index contributed by atoms with van der Waals surface area (Å²) in [5.41, 5.74) is 0.779. The molecule has 2 rings (SSSR count). The van der Waals surface area contributed by atoms with E-state index in [1.807, 2.05) is 0 Å². The molecule has 2 aliphatic rings. The first kappa shape index (κ1) is 12.9. The molecule has 5 heteroatoms. The molecule has 16 heavy (non-hydrogen) atoms. The van der Waals surface area contributed by atoms with Crippen molar-refractivity contribution in [3.63, 3.8) is 0 Å². The molecule has 3 unspecified atom stereocenters. The Balaban J connectivity index is 2.10. The summed E-state index contributed by atoms with van der Waals surface area (Å²) in [4.78, 5) is 11.7. The minimum absolute atomic E-state index is 0.0258. The van der Waals surface area contributed by atoms with Crippen molar-refractivity contribution >= 4 is 51.2 Å². The molecule has 90 valence electrons. The van der Waals surface area contributed by atoms with E-state index < -0.39 is 0 Å². The highest BCUT2D eigenvalue weighted by molar-refractivity contribution is 14.1. The lowest BCUT2D eigenvalue weighted by Crippen LogP contribution is -2.16. The van der Waals surface area contributed by atoms with Crippen LogP contribution in [0.1, 0.15) is 26.2 Å². The number of carbonyl (C=O) groups is 1. The lowest BCUT2D eigenvalue weighted by molar-refractivity contribution is -0.138. The molecule has 2 fully saturated rings. The average molecular weight is 448 g/mol. The first-order valence-corrected chi connectivity index (χ1v) is 8.18. The van der Waals surface area contributed by atoms with Crippen LogP contribution in [0.5, 0.6) is 0 Å². The molecule has 0 N–H and O–H groups in total. The number of cyclic esters (lactones) is 1. The Morgan fingerprint density at radius 3 is 2.75 bits per heavy atom. The minimum atomic E-state index is -0.169.